The Kier molecular flexibility index (Phi) is 3.94. The number of fused-ring (bicyclic) bond motifs is 1. The van der Waals surface area contributed by atoms with Gasteiger partial charge in [-0.05, 0) is 12.1 Å². The van der Waals surface area contributed by atoms with Gasteiger partial charge in [0.15, 0.2) is 5.13 Å². The van der Waals surface area contributed by atoms with Crippen molar-refractivity contribution in [1.82, 2.24) is 9.97 Å². The van der Waals surface area contributed by atoms with Gasteiger partial charge in [0.1, 0.15) is 0 Å². The van der Waals surface area contributed by atoms with Crippen LogP contribution in [0.1, 0.15) is 0 Å². The zero-order valence-electron chi connectivity index (χ0n) is 10.4. The lowest BCUT2D eigenvalue weighted by Crippen LogP contribution is -2.13. The molecule has 0 bridgehead atoms. The number of nitrogens with one attached hydrogen (secondary N) is 1. The lowest BCUT2D eigenvalue weighted by Gasteiger charge is -2.03. The van der Waals surface area contributed by atoms with Crippen molar-refractivity contribution in [3.63, 3.8) is 0 Å². The highest BCUT2D eigenvalue weighted by molar-refractivity contribution is 7.99. The van der Waals surface area contributed by atoms with E-state index in [-0.39, 0.29) is 5.91 Å². The molecule has 3 aromatic rings. The molecule has 100 valence electrons. The summed E-state index contributed by atoms with van der Waals surface area (Å²) in [6, 6.07) is 11.9. The van der Waals surface area contributed by atoms with Crippen molar-refractivity contribution < 1.29 is 4.79 Å². The van der Waals surface area contributed by atoms with E-state index in [2.05, 4.69) is 15.3 Å². The normalized spacial score (nSPS) is 10.6. The van der Waals surface area contributed by atoms with Crippen molar-refractivity contribution in [2.45, 2.75) is 5.03 Å². The van der Waals surface area contributed by atoms with Crippen LogP contribution >= 0.6 is 23.1 Å². The maximum Gasteiger partial charge on any atom is 0.236 e. The van der Waals surface area contributed by atoms with Crippen LogP contribution in [0, 0.1) is 0 Å². The number of hydrogen-bond acceptors (Lipinski definition) is 5. The van der Waals surface area contributed by atoms with Gasteiger partial charge in [-0.1, -0.05) is 36.0 Å². The first kappa shape index (κ1) is 13.1. The summed E-state index contributed by atoms with van der Waals surface area (Å²) < 4.78 is 0. The fourth-order valence-corrected chi connectivity index (χ4v) is 2.93. The molecule has 3 rings (SSSR count). The second kappa shape index (κ2) is 6.02. The summed E-state index contributed by atoms with van der Waals surface area (Å²) in [4.78, 5) is 20.3. The highest BCUT2D eigenvalue weighted by Crippen LogP contribution is 2.20. The van der Waals surface area contributed by atoms with Crippen molar-refractivity contribution in [3.8, 4) is 0 Å². The molecule has 0 unspecified atom stereocenters. The molecular formula is C14H11N3OS2. The fourth-order valence-electron chi connectivity index (χ4n) is 1.71. The number of benzene rings is 1. The van der Waals surface area contributed by atoms with Gasteiger partial charge in [-0.3, -0.25) is 4.79 Å². The van der Waals surface area contributed by atoms with Gasteiger partial charge in [0.2, 0.25) is 5.91 Å². The SMILES string of the molecule is O=C(CSc1ccc2ccccc2n1)Nc1nccs1. The Balaban J connectivity index is 1.63. The predicted molar refractivity (Wildman–Crippen MR) is 83.2 cm³/mol. The van der Waals surface area contributed by atoms with Gasteiger partial charge in [-0.25, -0.2) is 9.97 Å². The number of carbonyl (C=O) groups is 1. The maximum absolute atomic E-state index is 11.8. The van der Waals surface area contributed by atoms with Gasteiger partial charge >= 0.3 is 0 Å². The van der Waals surface area contributed by atoms with Crippen LogP contribution in [0.5, 0.6) is 0 Å². The largest absolute Gasteiger partial charge is 0.301 e. The molecule has 1 amide bonds. The van der Waals surface area contributed by atoms with E-state index in [4.69, 9.17) is 0 Å². The standard InChI is InChI=1S/C14H11N3OS2/c18-12(17-14-15-7-8-19-14)9-20-13-6-5-10-3-1-2-4-11(10)16-13/h1-8H,9H2,(H,15,17,18). The summed E-state index contributed by atoms with van der Waals surface area (Å²) in [7, 11) is 0. The van der Waals surface area contributed by atoms with E-state index in [0.717, 1.165) is 15.9 Å². The topological polar surface area (TPSA) is 54.9 Å². The van der Waals surface area contributed by atoms with Gasteiger partial charge in [0, 0.05) is 17.0 Å². The Morgan fingerprint density at radius 2 is 2.15 bits per heavy atom. The molecule has 0 aliphatic carbocycles. The lowest BCUT2D eigenvalue weighted by molar-refractivity contribution is -0.113. The molecule has 6 heteroatoms. The number of thiazole rings is 1. The van der Waals surface area contributed by atoms with Crippen molar-refractivity contribution >= 4 is 45.0 Å². The molecule has 1 aromatic carbocycles. The molecule has 0 aliphatic rings. The number of hydrogen-bond donors (Lipinski definition) is 1. The van der Waals surface area contributed by atoms with Crippen molar-refractivity contribution in [2.24, 2.45) is 0 Å². The molecule has 0 aliphatic heterocycles. The van der Waals surface area contributed by atoms with Crippen LogP contribution in [0.3, 0.4) is 0 Å². The molecule has 0 atom stereocenters. The van der Waals surface area contributed by atoms with E-state index in [1.54, 1.807) is 6.20 Å². The molecule has 20 heavy (non-hydrogen) atoms. The number of rotatable bonds is 4. The first-order chi connectivity index (χ1) is 9.81. The molecular weight excluding hydrogens is 290 g/mol. The summed E-state index contributed by atoms with van der Waals surface area (Å²) in [5.41, 5.74) is 0.942. The summed E-state index contributed by atoms with van der Waals surface area (Å²) in [5, 5.41) is 7.15. The van der Waals surface area contributed by atoms with E-state index in [1.165, 1.54) is 23.1 Å². The van der Waals surface area contributed by atoms with Crippen LogP contribution in [0.4, 0.5) is 5.13 Å². The quantitative estimate of drug-likeness (QED) is 0.750. The average Bonchev–Trinajstić information content (AvgIpc) is 2.98. The minimum Gasteiger partial charge on any atom is -0.301 e. The molecule has 4 nitrogen and oxygen atoms in total. The Morgan fingerprint density at radius 1 is 1.25 bits per heavy atom. The molecule has 0 fully saturated rings. The van der Waals surface area contributed by atoms with Crippen LogP contribution in [0.2, 0.25) is 0 Å². The van der Waals surface area contributed by atoms with Gasteiger partial charge in [0.25, 0.3) is 0 Å². The number of nitrogens with zero attached hydrogens (tertiary/aromatic N) is 2. The molecule has 0 radical (unpaired) electrons. The van der Waals surface area contributed by atoms with E-state index in [9.17, 15) is 4.79 Å². The van der Waals surface area contributed by atoms with E-state index < -0.39 is 0 Å². The second-order valence-electron chi connectivity index (χ2n) is 4.02. The van der Waals surface area contributed by atoms with Crippen LogP contribution in [-0.2, 0) is 4.79 Å². The first-order valence-corrected chi connectivity index (χ1v) is 7.86. The van der Waals surface area contributed by atoms with Gasteiger partial charge in [-0.2, -0.15) is 0 Å². The molecule has 1 N–H and O–H groups in total. The number of para-hydroxylation sites is 1. The van der Waals surface area contributed by atoms with Gasteiger partial charge in [-0.15, -0.1) is 11.3 Å². The Morgan fingerprint density at radius 3 is 3.00 bits per heavy atom. The monoisotopic (exact) mass is 301 g/mol. The number of amides is 1. The van der Waals surface area contributed by atoms with E-state index >= 15 is 0 Å². The fraction of sp³-hybridized carbons (Fsp3) is 0.0714. The Hall–Kier alpha value is -1.92. The van der Waals surface area contributed by atoms with E-state index in [0.29, 0.717) is 10.9 Å². The highest BCUT2D eigenvalue weighted by atomic mass is 32.2. The number of aromatic nitrogens is 2. The molecule has 0 spiro atoms. The van der Waals surface area contributed by atoms with Gasteiger partial charge < -0.3 is 5.32 Å². The minimum absolute atomic E-state index is 0.0695. The molecule has 0 saturated heterocycles. The second-order valence-corrected chi connectivity index (χ2v) is 5.91. The van der Waals surface area contributed by atoms with Gasteiger partial charge in [0.05, 0.1) is 16.3 Å². The average molecular weight is 301 g/mol. The van der Waals surface area contributed by atoms with Crippen molar-refractivity contribution in [3.05, 3.63) is 48.0 Å². The van der Waals surface area contributed by atoms with Crippen LogP contribution < -0.4 is 5.32 Å². The Bertz CT molecular complexity index is 728. The first-order valence-electron chi connectivity index (χ1n) is 5.99. The summed E-state index contributed by atoms with van der Waals surface area (Å²) in [6.07, 6.45) is 1.66. The summed E-state index contributed by atoms with van der Waals surface area (Å²) in [5.74, 6) is 0.255. The number of pyridine rings is 1. The zero-order chi connectivity index (χ0) is 13.8. The third-order valence-corrected chi connectivity index (χ3v) is 4.22. The van der Waals surface area contributed by atoms with Crippen LogP contribution in [0.25, 0.3) is 10.9 Å². The highest BCUT2D eigenvalue weighted by Gasteiger charge is 2.06. The number of carbonyl (C=O) groups excluding carboxylic acids is 1. The molecule has 0 saturated carbocycles. The maximum atomic E-state index is 11.8. The summed E-state index contributed by atoms with van der Waals surface area (Å²) in [6.45, 7) is 0. The van der Waals surface area contributed by atoms with Crippen LogP contribution in [-0.4, -0.2) is 21.6 Å². The van der Waals surface area contributed by atoms with Crippen LogP contribution in [0.15, 0.2) is 53.0 Å². The zero-order valence-corrected chi connectivity index (χ0v) is 12.1. The minimum atomic E-state index is -0.0695. The van der Waals surface area contributed by atoms with Crippen molar-refractivity contribution in [2.75, 3.05) is 11.1 Å². The molecule has 2 heterocycles. The molecule has 2 aromatic heterocycles. The van der Waals surface area contributed by atoms with E-state index in [1.807, 2.05) is 41.8 Å². The number of anilines is 1. The smallest absolute Gasteiger partial charge is 0.236 e. The Labute approximate surface area is 124 Å². The number of thioether (sulfide) groups is 1. The summed E-state index contributed by atoms with van der Waals surface area (Å²) >= 11 is 2.83. The van der Waals surface area contributed by atoms with Crippen molar-refractivity contribution in [1.29, 1.82) is 0 Å². The lowest BCUT2D eigenvalue weighted by atomic mass is 10.2. The third kappa shape index (κ3) is 3.15. The predicted octanol–water partition coefficient (Wildman–Crippen LogP) is 3.42. The third-order valence-electron chi connectivity index (χ3n) is 2.60.